The fourth-order valence-electron chi connectivity index (χ4n) is 2.47. The molecule has 21 heavy (non-hydrogen) atoms. The fraction of sp³-hybridized carbons (Fsp3) is 0.294. The predicted octanol–water partition coefficient (Wildman–Crippen LogP) is 3.82. The van der Waals surface area contributed by atoms with E-state index in [-0.39, 0.29) is 0 Å². The van der Waals surface area contributed by atoms with E-state index >= 15 is 0 Å². The molecule has 3 nitrogen and oxygen atoms in total. The minimum Gasteiger partial charge on any atom is -0.454 e. The van der Waals surface area contributed by atoms with Crippen molar-refractivity contribution >= 4 is 15.9 Å². The molecule has 0 fully saturated rings. The third-order valence-electron chi connectivity index (χ3n) is 3.65. The number of benzene rings is 2. The summed E-state index contributed by atoms with van der Waals surface area (Å²) in [7, 11) is 0. The highest BCUT2D eigenvalue weighted by Crippen LogP contribution is 2.39. The summed E-state index contributed by atoms with van der Waals surface area (Å²) in [4.78, 5) is 0. The molecule has 0 bridgehead atoms. The quantitative estimate of drug-likeness (QED) is 0.834. The summed E-state index contributed by atoms with van der Waals surface area (Å²) < 4.78 is 11.8. The Balaban J connectivity index is 1.54. The number of halogens is 1. The van der Waals surface area contributed by atoms with Gasteiger partial charge in [-0.25, -0.2) is 0 Å². The summed E-state index contributed by atoms with van der Waals surface area (Å²) >= 11 is 3.52. The van der Waals surface area contributed by atoms with E-state index in [2.05, 4.69) is 58.5 Å². The second-order valence-electron chi connectivity index (χ2n) is 5.16. The maximum atomic E-state index is 5.43. The van der Waals surface area contributed by atoms with E-state index in [1.807, 2.05) is 6.07 Å². The van der Waals surface area contributed by atoms with E-state index in [0.717, 1.165) is 35.5 Å². The Morgan fingerprint density at radius 1 is 1.19 bits per heavy atom. The smallest absolute Gasteiger partial charge is 0.231 e. The standard InChI is InChI=1S/C17H18BrNO2/c1-12-4-2-3-5-14(12)6-7-19-10-13-8-15(18)17-16(9-13)20-11-21-17/h2-5,8-9,19H,6-7,10-11H2,1H3. The molecule has 0 amide bonds. The molecule has 0 saturated carbocycles. The molecule has 1 heterocycles. The van der Waals surface area contributed by atoms with E-state index in [1.165, 1.54) is 16.7 Å². The third-order valence-corrected chi connectivity index (χ3v) is 4.24. The van der Waals surface area contributed by atoms with Crippen molar-refractivity contribution in [1.82, 2.24) is 5.32 Å². The number of aryl methyl sites for hydroxylation is 1. The van der Waals surface area contributed by atoms with Crippen molar-refractivity contribution in [2.45, 2.75) is 19.9 Å². The van der Waals surface area contributed by atoms with Crippen molar-refractivity contribution in [3.8, 4) is 11.5 Å². The van der Waals surface area contributed by atoms with Crippen LogP contribution in [0.15, 0.2) is 40.9 Å². The van der Waals surface area contributed by atoms with Crippen LogP contribution in [0.4, 0.5) is 0 Å². The van der Waals surface area contributed by atoms with Gasteiger partial charge in [-0.15, -0.1) is 0 Å². The Morgan fingerprint density at radius 3 is 2.90 bits per heavy atom. The molecule has 0 aromatic heterocycles. The number of fused-ring (bicyclic) bond motifs is 1. The average Bonchev–Trinajstić information content (AvgIpc) is 2.94. The summed E-state index contributed by atoms with van der Waals surface area (Å²) in [6, 6.07) is 12.6. The van der Waals surface area contributed by atoms with Gasteiger partial charge in [-0.2, -0.15) is 0 Å². The third kappa shape index (κ3) is 3.39. The number of hydrogen-bond donors (Lipinski definition) is 1. The average molecular weight is 348 g/mol. The minimum absolute atomic E-state index is 0.304. The lowest BCUT2D eigenvalue weighted by atomic mass is 10.1. The second-order valence-corrected chi connectivity index (χ2v) is 6.02. The molecule has 0 radical (unpaired) electrons. The Kier molecular flexibility index (Phi) is 4.46. The van der Waals surface area contributed by atoms with Gasteiger partial charge in [0.15, 0.2) is 11.5 Å². The molecule has 0 atom stereocenters. The lowest BCUT2D eigenvalue weighted by Crippen LogP contribution is -2.17. The van der Waals surface area contributed by atoms with Crippen LogP contribution in [0.5, 0.6) is 11.5 Å². The molecule has 3 rings (SSSR count). The van der Waals surface area contributed by atoms with Gasteiger partial charge < -0.3 is 14.8 Å². The van der Waals surface area contributed by atoms with Crippen molar-refractivity contribution in [2.24, 2.45) is 0 Å². The first kappa shape index (κ1) is 14.4. The SMILES string of the molecule is Cc1ccccc1CCNCc1cc(Br)c2c(c1)OCO2. The first-order valence-corrected chi connectivity index (χ1v) is 7.86. The zero-order valence-electron chi connectivity index (χ0n) is 12.0. The molecule has 0 unspecified atom stereocenters. The van der Waals surface area contributed by atoms with Crippen molar-refractivity contribution < 1.29 is 9.47 Å². The van der Waals surface area contributed by atoms with Crippen molar-refractivity contribution in [2.75, 3.05) is 13.3 Å². The van der Waals surface area contributed by atoms with Crippen LogP contribution in [0.1, 0.15) is 16.7 Å². The maximum Gasteiger partial charge on any atom is 0.231 e. The van der Waals surface area contributed by atoms with Crippen LogP contribution >= 0.6 is 15.9 Å². The van der Waals surface area contributed by atoms with Gasteiger partial charge in [-0.1, -0.05) is 24.3 Å². The van der Waals surface area contributed by atoms with E-state index in [1.54, 1.807) is 0 Å². The highest BCUT2D eigenvalue weighted by atomic mass is 79.9. The normalized spacial score (nSPS) is 12.7. The molecule has 110 valence electrons. The highest BCUT2D eigenvalue weighted by Gasteiger charge is 2.17. The molecule has 4 heteroatoms. The number of hydrogen-bond acceptors (Lipinski definition) is 3. The molecule has 1 N–H and O–H groups in total. The number of rotatable bonds is 5. The van der Waals surface area contributed by atoms with E-state index in [0.29, 0.717) is 6.79 Å². The van der Waals surface area contributed by atoms with Crippen LogP contribution in [0.2, 0.25) is 0 Å². The summed E-state index contributed by atoms with van der Waals surface area (Å²) in [5, 5.41) is 3.48. The zero-order valence-corrected chi connectivity index (χ0v) is 13.6. The molecular formula is C17H18BrNO2. The first-order chi connectivity index (χ1) is 10.2. The van der Waals surface area contributed by atoms with Crippen LogP contribution < -0.4 is 14.8 Å². The van der Waals surface area contributed by atoms with Gasteiger partial charge in [0, 0.05) is 6.54 Å². The number of nitrogens with one attached hydrogen (secondary N) is 1. The van der Waals surface area contributed by atoms with Gasteiger partial charge in [-0.05, 0) is 64.6 Å². The molecule has 0 saturated heterocycles. The fourth-order valence-corrected chi connectivity index (χ4v) is 3.07. The van der Waals surface area contributed by atoms with Gasteiger partial charge >= 0.3 is 0 Å². The van der Waals surface area contributed by atoms with Crippen molar-refractivity contribution in [3.05, 3.63) is 57.6 Å². The first-order valence-electron chi connectivity index (χ1n) is 7.07. The topological polar surface area (TPSA) is 30.5 Å². The Labute approximate surface area is 133 Å². The van der Waals surface area contributed by atoms with Gasteiger partial charge in [-0.3, -0.25) is 0 Å². The monoisotopic (exact) mass is 347 g/mol. The predicted molar refractivity (Wildman–Crippen MR) is 86.9 cm³/mol. The second kappa shape index (κ2) is 6.50. The maximum absolute atomic E-state index is 5.43. The molecule has 1 aliphatic rings. The van der Waals surface area contributed by atoms with Crippen LogP contribution in [0, 0.1) is 6.92 Å². The van der Waals surface area contributed by atoms with E-state index < -0.39 is 0 Å². The van der Waals surface area contributed by atoms with Crippen molar-refractivity contribution in [3.63, 3.8) is 0 Å². The minimum atomic E-state index is 0.304. The molecule has 2 aromatic rings. The van der Waals surface area contributed by atoms with E-state index in [9.17, 15) is 0 Å². The summed E-state index contributed by atoms with van der Waals surface area (Å²) in [5.74, 6) is 1.62. The van der Waals surface area contributed by atoms with Gasteiger partial charge in [0.1, 0.15) is 0 Å². The lowest BCUT2D eigenvalue weighted by molar-refractivity contribution is 0.173. The Hall–Kier alpha value is -1.52. The van der Waals surface area contributed by atoms with Crippen LogP contribution in [-0.4, -0.2) is 13.3 Å². The zero-order chi connectivity index (χ0) is 14.7. The summed E-state index contributed by atoms with van der Waals surface area (Å²) in [5.41, 5.74) is 3.94. The summed E-state index contributed by atoms with van der Waals surface area (Å²) in [6.45, 7) is 4.24. The molecular weight excluding hydrogens is 330 g/mol. The van der Waals surface area contributed by atoms with Gasteiger partial charge in [0.25, 0.3) is 0 Å². The highest BCUT2D eigenvalue weighted by molar-refractivity contribution is 9.10. The lowest BCUT2D eigenvalue weighted by Gasteiger charge is -2.09. The van der Waals surface area contributed by atoms with Crippen molar-refractivity contribution in [1.29, 1.82) is 0 Å². The molecule has 0 aliphatic carbocycles. The van der Waals surface area contributed by atoms with Gasteiger partial charge in [0.05, 0.1) is 4.47 Å². The molecule has 0 spiro atoms. The van der Waals surface area contributed by atoms with Crippen LogP contribution in [0.25, 0.3) is 0 Å². The van der Waals surface area contributed by atoms with E-state index in [4.69, 9.17) is 9.47 Å². The Bertz CT molecular complexity index is 643. The van der Waals surface area contributed by atoms with Gasteiger partial charge in [0.2, 0.25) is 6.79 Å². The molecule has 1 aliphatic heterocycles. The number of ether oxygens (including phenoxy) is 2. The van der Waals surface area contributed by atoms with Crippen LogP contribution in [-0.2, 0) is 13.0 Å². The van der Waals surface area contributed by atoms with Crippen LogP contribution in [0.3, 0.4) is 0 Å². The largest absolute Gasteiger partial charge is 0.454 e. The Morgan fingerprint density at radius 2 is 2.05 bits per heavy atom. The molecule has 2 aromatic carbocycles. The summed E-state index contributed by atoms with van der Waals surface area (Å²) in [6.07, 6.45) is 1.04.